The molecule has 0 aliphatic carbocycles. The highest BCUT2D eigenvalue weighted by Gasteiger charge is 2.09. The minimum atomic E-state index is -0.459. The molecule has 1 heterocycles. The van der Waals surface area contributed by atoms with Crippen LogP contribution < -0.4 is 10.9 Å². The minimum Gasteiger partial charge on any atom is -0.267 e. The Morgan fingerprint density at radius 1 is 1.00 bits per heavy atom. The summed E-state index contributed by atoms with van der Waals surface area (Å²) >= 11 is 1.60. The SMILES string of the molecule is CSc1ccc(C(=O)NNC(=O)c2ccccn2)cc1. The first-order chi connectivity index (χ1) is 9.70. The first kappa shape index (κ1) is 14.1. The molecule has 6 heteroatoms. The van der Waals surface area contributed by atoms with E-state index in [2.05, 4.69) is 15.8 Å². The Bertz CT molecular complexity index is 600. The fraction of sp³-hybridized carbons (Fsp3) is 0.0714. The summed E-state index contributed by atoms with van der Waals surface area (Å²) in [7, 11) is 0. The molecule has 0 aliphatic rings. The van der Waals surface area contributed by atoms with E-state index >= 15 is 0 Å². The quantitative estimate of drug-likeness (QED) is 0.668. The lowest BCUT2D eigenvalue weighted by atomic mass is 10.2. The molecular formula is C14H13N3O2S. The number of thioether (sulfide) groups is 1. The molecule has 2 aromatic rings. The Balaban J connectivity index is 1.93. The molecule has 0 radical (unpaired) electrons. The molecule has 0 saturated heterocycles. The van der Waals surface area contributed by atoms with Gasteiger partial charge in [-0.05, 0) is 42.7 Å². The molecule has 1 aromatic heterocycles. The third-order valence-corrected chi connectivity index (χ3v) is 3.28. The zero-order valence-electron chi connectivity index (χ0n) is 10.8. The number of pyridine rings is 1. The summed E-state index contributed by atoms with van der Waals surface area (Å²) in [6, 6.07) is 12.1. The molecule has 0 aliphatic heterocycles. The zero-order valence-corrected chi connectivity index (χ0v) is 11.6. The van der Waals surface area contributed by atoms with Gasteiger partial charge in [0.1, 0.15) is 5.69 Å². The second kappa shape index (κ2) is 6.72. The van der Waals surface area contributed by atoms with Gasteiger partial charge in [-0.25, -0.2) is 0 Å². The van der Waals surface area contributed by atoms with Crippen LogP contribution in [-0.4, -0.2) is 23.1 Å². The van der Waals surface area contributed by atoms with E-state index < -0.39 is 5.91 Å². The predicted octanol–water partition coefficient (Wildman–Crippen LogP) is 1.88. The van der Waals surface area contributed by atoms with E-state index in [1.54, 1.807) is 42.1 Å². The fourth-order valence-corrected chi connectivity index (χ4v) is 1.90. The van der Waals surface area contributed by atoms with Crippen LogP contribution in [0.1, 0.15) is 20.8 Å². The Morgan fingerprint density at radius 2 is 1.70 bits per heavy atom. The summed E-state index contributed by atoms with van der Waals surface area (Å²) in [5.74, 6) is -0.832. The first-order valence-electron chi connectivity index (χ1n) is 5.86. The van der Waals surface area contributed by atoms with Gasteiger partial charge in [-0.15, -0.1) is 11.8 Å². The Kier molecular flexibility index (Phi) is 4.73. The average molecular weight is 287 g/mol. The van der Waals surface area contributed by atoms with Crippen LogP contribution in [0.5, 0.6) is 0 Å². The van der Waals surface area contributed by atoms with E-state index in [0.717, 1.165) is 4.90 Å². The van der Waals surface area contributed by atoms with Gasteiger partial charge in [-0.1, -0.05) is 6.07 Å². The molecule has 2 rings (SSSR count). The fourth-order valence-electron chi connectivity index (χ4n) is 1.49. The van der Waals surface area contributed by atoms with E-state index in [-0.39, 0.29) is 11.6 Å². The maximum Gasteiger partial charge on any atom is 0.288 e. The number of benzene rings is 1. The van der Waals surface area contributed by atoms with E-state index in [1.165, 1.54) is 6.20 Å². The highest BCUT2D eigenvalue weighted by atomic mass is 32.2. The van der Waals surface area contributed by atoms with Crippen LogP contribution in [0.25, 0.3) is 0 Å². The van der Waals surface area contributed by atoms with Crippen LogP contribution in [0.4, 0.5) is 0 Å². The molecule has 0 spiro atoms. The van der Waals surface area contributed by atoms with Gasteiger partial charge in [0.2, 0.25) is 0 Å². The number of nitrogens with one attached hydrogen (secondary N) is 2. The van der Waals surface area contributed by atoms with Gasteiger partial charge in [0.25, 0.3) is 11.8 Å². The monoisotopic (exact) mass is 287 g/mol. The number of nitrogens with zero attached hydrogens (tertiary/aromatic N) is 1. The van der Waals surface area contributed by atoms with E-state index in [9.17, 15) is 9.59 Å². The molecule has 0 bridgehead atoms. The highest BCUT2D eigenvalue weighted by Crippen LogP contribution is 2.14. The van der Waals surface area contributed by atoms with Gasteiger partial charge in [0.05, 0.1) is 0 Å². The molecule has 5 nitrogen and oxygen atoms in total. The number of carbonyl (C=O) groups excluding carboxylic acids is 2. The van der Waals surface area contributed by atoms with Crippen LogP contribution in [0, 0.1) is 0 Å². The standard InChI is InChI=1S/C14H13N3O2S/c1-20-11-7-5-10(6-8-11)13(18)16-17-14(19)12-4-2-3-9-15-12/h2-9H,1H3,(H,16,18)(H,17,19). The van der Waals surface area contributed by atoms with Gasteiger partial charge in [-0.2, -0.15) is 0 Å². The average Bonchev–Trinajstić information content (AvgIpc) is 2.53. The number of rotatable bonds is 3. The van der Waals surface area contributed by atoms with Crippen molar-refractivity contribution >= 4 is 23.6 Å². The first-order valence-corrected chi connectivity index (χ1v) is 7.09. The molecule has 0 fully saturated rings. The number of aromatic nitrogens is 1. The van der Waals surface area contributed by atoms with E-state index in [1.807, 2.05) is 18.4 Å². The van der Waals surface area contributed by atoms with Crippen LogP contribution >= 0.6 is 11.8 Å². The van der Waals surface area contributed by atoms with E-state index in [4.69, 9.17) is 0 Å². The summed E-state index contributed by atoms with van der Waals surface area (Å²) in [5, 5.41) is 0. The number of hydrogen-bond donors (Lipinski definition) is 2. The number of hydrazine groups is 1. The molecule has 20 heavy (non-hydrogen) atoms. The Morgan fingerprint density at radius 3 is 2.30 bits per heavy atom. The Labute approximate surface area is 120 Å². The maximum atomic E-state index is 11.8. The predicted molar refractivity (Wildman–Crippen MR) is 77.4 cm³/mol. The topological polar surface area (TPSA) is 71.1 Å². The van der Waals surface area contributed by atoms with Crippen molar-refractivity contribution in [3.8, 4) is 0 Å². The van der Waals surface area contributed by atoms with Crippen molar-refractivity contribution in [1.29, 1.82) is 0 Å². The molecule has 2 amide bonds. The van der Waals surface area contributed by atoms with Crippen molar-refractivity contribution in [3.05, 3.63) is 59.9 Å². The van der Waals surface area contributed by atoms with Crippen molar-refractivity contribution in [1.82, 2.24) is 15.8 Å². The highest BCUT2D eigenvalue weighted by molar-refractivity contribution is 7.98. The van der Waals surface area contributed by atoms with Crippen LogP contribution in [0.15, 0.2) is 53.6 Å². The van der Waals surface area contributed by atoms with Crippen molar-refractivity contribution < 1.29 is 9.59 Å². The summed E-state index contributed by atoms with van der Waals surface area (Å²) in [6.07, 6.45) is 3.47. The molecule has 0 unspecified atom stereocenters. The van der Waals surface area contributed by atoms with Gasteiger partial charge < -0.3 is 0 Å². The zero-order chi connectivity index (χ0) is 14.4. The minimum absolute atomic E-state index is 0.241. The smallest absolute Gasteiger partial charge is 0.267 e. The summed E-state index contributed by atoms with van der Waals surface area (Å²) in [4.78, 5) is 28.5. The van der Waals surface area contributed by atoms with Crippen LogP contribution in [0.2, 0.25) is 0 Å². The second-order valence-electron chi connectivity index (χ2n) is 3.85. The molecule has 2 N–H and O–H groups in total. The Hall–Kier alpha value is -2.34. The van der Waals surface area contributed by atoms with Crippen molar-refractivity contribution in [2.45, 2.75) is 4.90 Å². The number of carbonyl (C=O) groups is 2. The summed E-state index contributed by atoms with van der Waals surface area (Å²) in [6.45, 7) is 0. The van der Waals surface area contributed by atoms with Gasteiger partial charge in [-0.3, -0.25) is 25.4 Å². The third kappa shape index (κ3) is 3.58. The largest absolute Gasteiger partial charge is 0.288 e. The van der Waals surface area contributed by atoms with Gasteiger partial charge in [0.15, 0.2) is 0 Å². The third-order valence-electron chi connectivity index (χ3n) is 2.54. The number of amides is 2. The summed E-state index contributed by atoms with van der Waals surface area (Å²) < 4.78 is 0. The normalized spacial score (nSPS) is 9.85. The lowest BCUT2D eigenvalue weighted by Gasteiger charge is -2.07. The van der Waals surface area contributed by atoms with Crippen LogP contribution in [0.3, 0.4) is 0 Å². The van der Waals surface area contributed by atoms with E-state index in [0.29, 0.717) is 5.56 Å². The van der Waals surface area contributed by atoms with Crippen molar-refractivity contribution in [2.75, 3.05) is 6.26 Å². The van der Waals surface area contributed by atoms with Gasteiger partial charge in [0, 0.05) is 16.7 Å². The molecule has 0 saturated carbocycles. The number of hydrogen-bond acceptors (Lipinski definition) is 4. The van der Waals surface area contributed by atoms with Gasteiger partial charge >= 0.3 is 0 Å². The molecule has 102 valence electrons. The maximum absolute atomic E-state index is 11.8. The van der Waals surface area contributed by atoms with Crippen LogP contribution in [-0.2, 0) is 0 Å². The second-order valence-corrected chi connectivity index (χ2v) is 4.73. The lowest BCUT2D eigenvalue weighted by Crippen LogP contribution is -2.41. The molecule has 0 atom stereocenters. The van der Waals surface area contributed by atoms with Crippen molar-refractivity contribution in [3.63, 3.8) is 0 Å². The molecule has 1 aromatic carbocycles. The van der Waals surface area contributed by atoms with Crippen molar-refractivity contribution in [2.24, 2.45) is 0 Å². The lowest BCUT2D eigenvalue weighted by molar-refractivity contribution is 0.0844. The molecular weight excluding hydrogens is 274 g/mol. The summed E-state index contributed by atoms with van der Waals surface area (Å²) in [5.41, 5.74) is 5.39.